The van der Waals surface area contributed by atoms with Crippen LogP contribution in [-0.2, 0) is 4.74 Å². The van der Waals surface area contributed by atoms with Gasteiger partial charge in [0.1, 0.15) is 0 Å². The monoisotopic (exact) mass is 377 g/mol. The van der Waals surface area contributed by atoms with Gasteiger partial charge in [-0.25, -0.2) is 0 Å². The zero-order valence-electron chi connectivity index (χ0n) is 16.8. The van der Waals surface area contributed by atoms with Crippen molar-refractivity contribution in [2.24, 2.45) is 40.4 Å². The molecule has 6 fully saturated rings. The Hall–Kier alpha value is -0.200. The number of likely N-dealkylation sites (tertiary alicyclic amines) is 1. The summed E-state index contributed by atoms with van der Waals surface area (Å²) in [7, 11) is 1.87. The van der Waals surface area contributed by atoms with E-state index in [9.17, 15) is 15.3 Å². The summed E-state index contributed by atoms with van der Waals surface area (Å²) in [6.07, 6.45) is 3.68. The molecule has 1 saturated heterocycles. The highest BCUT2D eigenvalue weighted by molar-refractivity contribution is 5.32. The van der Waals surface area contributed by atoms with E-state index >= 15 is 0 Å². The number of rotatable bonds is 2. The number of ether oxygens (including phenoxy) is 1. The van der Waals surface area contributed by atoms with E-state index in [1.54, 1.807) is 0 Å². The van der Waals surface area contributed by atoms with Crippen LogP contribution < -0.4 is 0 Å². The van der Waals surface area contributed by atoms with E-state index in [0.29, 0.717) is 18.4 Å². The fourth-order valence-electron chi connectivity index (χ4n) is 10.1. The number of hydrogen-bond donors (Lipinski definition) is 3. The van der Waals surface area contributed by atoms with Crippen LogP contribution in [0.3, 0.4) is 0 Å². The van der Waals surface area contributed by atoms with Crippen molar-refractivity contribution in [1.29, 1.82) is 0 Å². The maximum Gasteiger partial charge on any atom is 0.0771 e. The molecule has 5 nitrogen and oxygen atoms in total. The van der Waals surface area contributed by atoms with Crippen LogP contribution in [0.1, 0.15) is 46.0 Å². The summed E-state index contributed by atoms with van der Waals surface area (Å²) in [5.74, 6) is 0.797. The molecule has 6 rings (SSSR count). The summed E-state index contributed by atoms with van der Waals surface area (Å²) in [6.45, 7) is 6.85. The van der Waals surface area contributed by atoms with Gasteiger partial charge in [0.05, 0.1) is 23.9 Å². The average molecular weight is 378 g/mol. The number of aliphatic hydroxyl groups excluding tert-OH is 2. The maximum absolute atomic E-state index is 12.0. The number of nitrogens with zero attached hydrogens (tertiary/aromatic N) is 1. The zero-order valence-corrected chi connectivity index (χ0v) is 16.8. The van der Waals surface area contributed by atoms with E-state index in [4.69, 9.17) is 4.74 Å². The van der Waals surface area contributed by atoms with Gasteiger partial charge < -0.3 is 20.1 Å². The summed E-state index contributed by atoms with van der Waals surface area (Å²) in [5.41, 5.74) is -0.634. The highest BCUT2D eigenvalue weighted by atomic mass is 16.5. The van der Waals surface area contributed by atoms with Gasteiger partial charge in [0.25, 0.3) is 0 Å². The minimum atomic E-state index is -0.930. The lowest BCUT2D eigenvalue weighted by Gasteiger charge is -2.69. The Morgan fingerprint density at radius 3 is 2.67 bits per heavy atom. The molecule has 7 unspecified atom stereocenters. The Kier molecular flexibility index (Phi) is 3.33. The van der Waals surface area contributed by atoms with Gasteiger partial charge in [-0.3, -0.25) is 4.90 Å². The van der Waals surface area contributed by atoms with Crippen molar-refractivity contribution in [2.75, 3.05) is 20.2 Å². The first-order valence-corrected chi connectivity index (χ1v) is 11.2. The fraction of sp³-hybridized carbons (Fsp3) is 1.00. The second-order valence-electron chi connectivity index (χ2n) is 11.1. The number of hydrogen-bond acceptors (Lipinski definition) is 5. The Morgan fingerprint density at radius 2 is 1.96 bits per heavy atom. The summed E-state index contributed by atoms with van der Waals surface area (Å²) < 4.78 is 6.21. The smallest absolute Gasteiger partial charge is 0.0771 e. The van der Waals surface area contributed by atoms with Crippen LogP contribution in [0.2, 0.25) is 0 Å². The van der Waals surface area contributed by atoms with Gasteiger partial charge in [-0.05, 0) is 49.5 Å². The predicted octanol–water partition coefficient (Wildman–Crippen LogP) is 1.25. The minimum Gasteiger partial charge on any atom is -0.393 e. The first-order chi connectivity index (χ1) is 12.8. The van der Waals surface area contributed by atoms with Crippen molar-refractivity contribution in [3.8, 4) is 0 Å². The molecule has 0 aromatic rings. The Bertz CT molecular complexity index is 673. The summed E-state index contributed by atoms with van der Waals surface area (Å²) in [4.78, 5) is 2.65. The van der Waals surface area contributed by atoms with Gasteiger partial charge >= 0.3 is 0 Å². The molecule has 5 heteroatoms. The van der Waals surface area contributed by atoms with Gasteiger partial charge in [0.2, 0.25) is 0 Å². The van der Waals surface area contributed by atoms with Crippen LogP contribution in [0.15, 0.2) is 0 Å². The lowest BCUT2D eigenvalue weighted by atomic mass is 9.43. The molecular formula is C22H35NO4. The summed E-state index contributed by atoms with van der Waals surface area (Å²) in [6, 6.07) is 0.327. The molecule has 5 aliphatic carbocycles. The van der Waals surface area contributed by atoms with Gasteiger partial charge in [0.15, 0.2) is 0 Å². The van der Waals surface area contributed by atoms with Gasteiger partial charge in [-0.1, -0.05) is 13.8 Å². The van der Waals surface area contributed by atoms with Crippen LogP contribution in [0.25, 0.3) is 0 Å². The van der Waals surface area contributed by atoms with E-state index in [1.165, 1.54) is 6.42 Å². The fourth-order valence-corrected chi connectivity index (χ4v) is 10.1. The van der Waals surface area contributed by atoms with Crippen molar-refractivity contribution in [2.45, 2.75) is 75.9 Å². The molecule has 152 valence electrons. The van der Waals surface area contributed by atoms with Crippen LogP contribution in [0, 0.1) is 40.4 Å². The van der Waals surface area contributed by atoms with E-state index in [-0.39, 0.29) is 40.6 Å². The van der Waals surface area contributed by atoms with E-state index in [2.05, 4.69) is 18.7 Å². The molecule has 1 heterocycles. The summed E-state index contributed by atoms with van der Waals surface area (Å²) in [5, 5.41) is 34.0. The molecule has 1 aliphatic heterocycles. The molecule has 5 saturated carbocycles. The second-order valence-corrected chi connectivity index (χ2v) is 11.1. The van der Waals surface area contributed by atoms with Gasteiger partial charge in [-0.2, -0.15) is 0 Å². The molecule has 12 atom stereocenters. The van der Waals surface area contributed by atoms with Crippen molar-refractivity contribution in [3.05, 3.63) is 0 Å². The first-order valence-electron chi connectivity index (χ1n) is 11.2. The van der Waals surface area contributed by atoms with E-state index < -0.39 is 17.8 Å². The molecule has 1 spiro atoms. The Morgan fingerprint density at radius 1 is 1.19 bits per heavy atom. The van der Waals surface area contributed by atoms with Crippen LogP contribution >= 0.6 is 0 Å². The second kappa shape index (κ2) is 5.10. The highest BCUT2D eigenvalue weighted by Gasteiger charge is 2.82. The lowest BCUT2D eigenvalue weighted by molar-refractivity contribution is -0.269. The number of fused-ring (bicyclic) bond motifs is 2. The topological polar surface area (TPSA) is 73.2 Å². The van der Waals surface area contributed by atoms with Crippen molar-refractivity contribution in [1.82, 2.24) is 4.90 Å². The average Bonchev–Trinajstić information content (AvgIpc) is 3.06. The zero-order chi connectivity index (χ0) is 18.9. The third-order valence-corrected chi connectivity index (χ3v) is 10.7. The molecule has 27 heavy (non-hydrogen) atoms. The highest BCUT2D eigenvalue weighted by Crippen LogP contribution is 2.78. The third kappa shape index (κ3) is 1.66. The molecule has 6 aliphatic rings. The molecule has 0 aromatic heterocycles. The molecule has 0 aromatic carbocycles. The van der Waals surface area contributed by atoms with E-state index in [0.717, 1.165) is 32.4 Å². The molecule has 7 bridgehead atoms. The largest absolute Gasteiger partial charge is 0.393 e. The normalized spacial score (nSPS) is 66.2. The van der Waals surface area contributed by atoms with Crippen LogP contribution in [0.4, 0.5) is 0 Å². The van der Waals surface area contributed by atoms with Crippen molar-refractivity contribution < 1.29 is 20.1 Å². The SMILES string of the molecule is CCN1C[C@]2(C)CC[C@H](OC)C34C5C[C@H]6C(O)C5[C@](O)(C[C@@H]6O)C(CC32)C14. The lowest BCUT2D eigenvalue weighted by Crippen LogP contribution is -2.75. The predicted molar refractivity (Wildman–Crippen MR) is 99.9 cm³/mol. The summed E-state index contributed by atoms with van der Waals surface area (Å²) >= 11 is 0. The molecule has 0 amide bonds. The molecule has 0 radical (unpaired) electrons. The van der Waals surface area contributed by atoms with Gasteiger partial charge in [-0.15, -0.1) is 0 Å². The third-order valence-electron chi connectivity index (χ3n) is 10.7. The Labute approximate surface area is 162 Å². The quantitative estimate of drug-likeness (QED) is 0.676. The Balaban J connectivity index is 1.61. The number of piperidine rings is 1. The maximum atomic E-state index is 12.0. The van der Waals surface area contributed by atoms with Crippen molar-refractivity contribution in [3.63, 3.8) is 0 Å². The number of methoxy groups -OCH3 is 1. The first kappa shape index (κ1) is 17.6. The molecule has 3 N–H and O–H groups in total. The minimum absolute atomic E-state index is 0.0252. The molecular weight excluding hydrogens is 342 g/mol. The van der Waals surface area contributed by atoms with Crippen LogP contribution in [0.5, 0.6) is 0 Å². The van der Waals surface area contributed by atoms with Crippen LogP contribution in [-0.4, -0.2) is 70.4 Å². The van der Waals surface area contributed by atoms with E-state index in [1.807, 2.05) is 7.11 Å². The number of aliphatic hydroxyl groups is 3. The van der Waals surface area contributed by atoms with Crippen molar-refractivity contribution >= 4 is 0 Å². The van der Waals surface area contributed by atoms with Gasteiger partial charge in [0, 0.05) is 49.3 Å². The standard InChI is InChI=1S/C22H35NO4/c1-4-23-10-20(2)6-5-16(27-3)22-12-7-11-14(24)9-21(26,17(12)18(11)25)13(19(22)23)8-15(20)22/h11-19,24-26H,4-10H2,1-3H3/t11-,12?,13?,14+,15?,16+,17?,18?,19?,20+,21+,22?/m1/s1.